The van der Waals surface area contributed by atoms with Gasteiger partial charge in [0.15, 0.2) is 0 Å². The van der Waals surface area contributed by atoms with Gasteiger partial charge in [0.1, 0.15) is 24.7 Å². The van der Waals surface area contributed by atoms with Crippen LogP contribution < -0.4 is 9.47 Å². The van der Waals surface area contributed by atoms with Crippen molar-refractivity contribution >= 4 is 31.9 Å². The van der Waals surface area contributed by atoms with E-state index < -0.39 is 0 Å². The van der Waals surface area contributed by atoms with E-state index in [-0.39, 0.29) is 12.2 Å². The van der Waals surface area contributed by atoms with Crippen LogP contribution in [0.25, 0.3) is 0 Å². The Kier molecular flexibility index (Phi) is 13.8. The van der Waals surface area contributed by atoms with Gasteiger partial charge in [-0.3, -0.25) is 0 Å². The van der Waals surface area contributed by atoms with Gasteiger partial charge in [0, 0.05) is 10.7 Å². The Hall–Kier alpha value is -2.60. The number of hydrogen-bond donors (Lipinski definition) is 0. The SMILES string of the molecule is BrCCCCC(OC(CCCCBr)c1ccc(OCc2ccccc2)cc1)c1ccc(OCc2ccccc2)cc1. The van der Waals surface area contributed by atoms with Crippen LogP contribution in [0.2, 0.25) is 0 Å². The average molecular weight is 681 g/mol. The third-order valence-electron chi connectivity index (χ3n) is 7.03. The number of rotatable bonds is 18. The molecule has 0 fully saturated rings. The van der Waals surface area contributed by atoms with E-state index in [2.05, 4.69) is 105 Å². The second kappa shape index (κ2) is 18.0. The van der Waals surface area contributed by atoms with Crippen LogP contribution in [0.4, 0.5) is 0 Å². The number of unbranched alkanes of at least 4 members (excludes halogenated alkanes) is 2. The summed E-state index contributed by atoms with van der Waals surface area (Å²) in [5.74, 6) is 1.74. The maximum absolute atomic E-state index is 6.94. The molecule has 5 heteroatoms. The number of halogens is 2. The molecule has 216 valence electrons. The summed E-state index contributed by atoms with van der Waals surface area (Å²) in [4.78, 5) is 0. The summed E-state index contributed by atoms with van der Waals surface area (Å²) in [5, 5.41) is 2.01. The highest BCUT2D eigenvalue weighted by Crippen LogP contribution is 2.35. The minimum absolute atomic E-state index is 0.0141. The van der Waals surface area contributed by atoms with E-state index in [0.717, 1.165) is 71.8 Å². The van der Waals surface area contributed by atoms with Gasteiger partial charge >= 0.3 is 0 Å². The molecule has 3 nitrogen and oxygen atoms in total. The Morgan fingerprint density at radius 3 is 1.22 bits per heavy atom. The highest BCUT2D eigenvalue weighted by Gasteiger charge is 2.20. The largest absolute Gasteiger partial charge is 0.489 e. The fourth-order valence-corrected chi connectivity index (χ4v) is 5.51. The second-order valence-electron chi connectivity index (χ2n) is 10.2. The van der Waals surface area contributed by atoms with Gasteiger partial charge in [0.2, 0.25) is 0 Å². The van der Waals surface area contributed by atoms with Crippen molar-refractivity contribution < 1.29 is 14.2 Å². The van der Waals surface area contributed by atoms with Crippen molar-refractivity contribution in [2.45, 2.75) is 63.9 Å². The van der Waals surface area contributed by atoms with Gasteiger partial charge in [-0.2, -0.15) is 0 Å². The first-order valence-electron chi connectivity index (χ1n) is 14.6. The zero-order valence-corrected chi connectivity index (χ0v) is 26.8. The highest BCUT2D eigenvalue weighted by molar-refractivity contribution is 9.09. The first-order valence-corrected chi connectivity index (χ1v) is 16.8. The smallest absolute Gasteiger partial charge is 0.119 e. The van der Waals surface area contributed by atoms with E-state index in [1.807, 2.05) is 36.4 Å². The predicted molar refractivity (Wildman–Crippen MR) is 176 cm³/mol. The molecular weight excluding hydrogens is 640 g/mol. The molecule has 2 atom stereocenters. The minimum Gasteiger partial charge on any atom is -0.489 e. The van der Waals surface area contributed by atoms with Crippen molar-refractivity contribution in [1.82, 2.24) is 0 Å². The number of hydrogen-bond acceptors (Lipinski definition) is 3. The van der Waals surface area contributed by atoms with Crippen molar-refractivity contribution in [3.8, 4) is 11.5 Å². The van der Waals surface area contributed by atoms with E-state index in [4.69, 9.17) is 14.2 Å². The molecule has 0 spiro atoms. The molecule has 4 aromatic carbocycles. The highest BCUT2D eigenvalue weighted by atomic mass is 79.9. The first-order chi connectivity index (χ1) is 20.2. The van der Waals surface area contributed by atoms with Crippen LogP contribution in [-0.4, -0.2) is 10.7 Å². The zero-order valence-electron chi connectivity index (χ0n) is 23.6. The number of benzene rings is 4. The summed E-state index contributed by atoms with van der Waals surface area (Å²) in [6.07, 6.45) is 6.43. The molecule has 0 heterocycles. The molecule has 41 heavy (non-hydrogen) atoms. The van der Waals surface area contributed by atoms with Gasteiger partial charge in [-0.05, 0) is 85.0 Å². The third kappa shape index (κ3) is 11.0. The van der Waals surface area contributed by atoms with E-state index >= 15 is 0 Å². The molecule has 0 N–H and O–H groups in total. The molecule has 4 rings (SSSR count). The summed E-state index contributed by atoms with van der Waals surface area (Å²) in [6.45, 7) is 1.12. The number of alkyl halides is 2. The minimum atomic E-state index is 0.0141. The van der Waals surface area contributed by atoms with Crippen LogP contribution in [0.5, 0.6) is 11.5 Å². The molecule has 0 aliphatic carbocycles. The Labute approximate surface area is 262 Å². The Morgan fingerprint density at radius 1 is 0.463 bits per heavy atom. The summed E-state index contributed by atoms with van der Waals surface area (Å²) in [5.41, 5.74) is 4.71. The second-order valence-corrected chi connectivity index (χ2v) is 11.8. The van der Waals surface area contributed by atoms with E-state index in [0.29, 0.717) is 13.2 Å². The normalized spacial score (nSPS) is 12.5. The van der Waals surface area contributed by atoms with Crippen LogP contribution in [0.15, 0.2) is 109 Å². The lowest BCUT2D eigenvalue weighted by molar-refractivity contribution is -0.0259. The molecule has 0 saturated heterocycles. The average Bonchev–Trinajstić information content (AvgIpc) is 3.03. The van der Waals surface area contributed by atoms with E-state index in [9.17, 15) is 0 Å². The van der Waals surface area contributed by atoms with Crippen molar-refractivity contribution in [2.24, 2.45) is 0 Å². The monoisotopic (exact) mass is 678 g/mol. The summed E-state index contributed by atoms with van der Waals surface area (Å²) < 4.78 is 19.0. The maximum atomic E-state index is 6.94. The van der Waals surface area contributed by atoms with Gasteiger partial charge in [0.25, 0.3) is 0 Å². The van der Waals surface area contributed by atoms with Crippen molar-refractivity contribution in [3.63, 3.8) is 0 Å². The lowest BCUT2D eigenvalue weighted by Gasteiger charge is -2.26. The molecule has 0 aliphatic rings. The van der Waals surface area contributed by atoms with Crippen LogP contribution in [-0.2, 0) is 18.0 Å². The molecule has 4 aromatic rings. The Balaban J connectivity index is 1.44. The molecular formula is C36H40Br2O3. The molecule has 0 amide bonds. The zero-order chi connectivity index (χ0) is 28.5. The van der Waals surface area contributed by atoms with Crippen molar-refractivity contribution in [2.75, 3.05) is 10.7 Å². The lowest BCUT2D eigenvalue weighted by atomic mass is 10.00. The van der Waals surface area contributed by atoms with E-state index in [1.54, 1.807) is 0 Å². The maximum Gasteiger partial charge on any atom is 0.119 e. The first kappa shape index (κ1) is 31.3. The third-order valence-corrected chi connectivity index (χ3v) is 8.15. The standard InChI is InChI=1S/C36H40Br2O3/c37-25-9-7-15-35(31-17-21-33(22-18-31)39-27-29-11-3-1-4-12-29)41-36(16-8-10-26-38)32-19-23-34(24-20-32)40-28-30-13-5-2-6-14-30/h1-6,11-14,17-24,35-36H,7-10,15-16,25-28H2. The summed E-state index contributed by atoms with van der Waals surface area (Å²) >= 11 is 7.18. The molecule has 0 saturated carbocycles. The quantitative estimate of drug-likeness (QED) is 0.0774. The van der Waals surface area contributed by atoms with Crippen molar-refractivity contribution in [3.05, 3.63) is 131 Å². The van der Waals surface area contributed by atoms with Gasteiger partial charge in [-0.1, -0.05) is 117 Å². The topological polar surface area (TPSA) is 27.7 Å². The van der Waals surface area contributed by atoms with Crippen LogP contribution in [0.1, 0.15) is 73.0 Å². The predicted octanol–water partition coefficient (Wildman–Crippen LogP) is 10.8. The molecule has 0 aromatic heterocycles. The Morgan fingerprint density at radius 2 is 0.854 bits per heavy atom. The van der Waals surface area contributed by atoms with Crippen LogP contribution in [0.3, 0.4) is 0 Å². The Bertz CT molecular complexity index is 1130. The van der Waals surface area contributed by atoms with Crippen molar-refractivity contribution in [1.29, 1.82) is 0 Å². The van der Waals surface area contributed by atoms with Gasteiger partial charge in [-0.15, -0.1) is 0 Å². The molecule has 0 radical (unpaired) electrons. The summed E-state index contributed by atoms with van der Waals surface area (Å²) in [7, 11) is 0. The van der Waals surface area contributed by atoms with E-state index in [1.165, 1.54) is 11.1 Å². The van der Waals surface area contributed by atoms with Crippen LogP contribution in [0, 0.1) is 0 Å². The summed E-state index contributed by atoms with van der Waals surface area (Å²) in [6, 6.07) is 37.4. The lowest BCUT2D eigenvalue weighted by Crippen LogP contribution is -2.12. The van der Waals surface area contributed by atoms with Gasteiger partial charge in [0.05, 0.1) is 12.2 Å². The number of ether oxygens (including phenoxy) is 3. The van der Waals surface area contributed by atoms with Gasteiger partial charge < -0.3 is 14.2 Å². The van der Waals surface area contributed by atoms with Gasteiger partial charge in [-0.25, -0.2) is 0 Å². The molecule has 2 unspecified atom stereocenters. The fraction of sp³-hybridized carbons (Fsp3) is 0.333. The molecule has 0 aliphatic heterocycles. The van der Waals surface area contributed by atoms with Crippen LogP contribution >= 0.6 is 31.9 Å². The fourth-order valence-electron chi connectivity index (χ4n) is 4.71. The molecule has 0 bridgehead atoms.